The van der Waals surface area contributed by atoms with Crippen LogP contribution < -0.4 is 11.1 Å². The van der Waals surface area contributed by atoms with Gasteiger partial charge in [-0.2, -0.15) is 5.10 Å². The molecule has 4 aromatic rings. The number of unbranched alkanes of at least 4 members (excludes halogenated alkanes) is 1. The minimum absolute atomic E-state index is 0.0948. The van der Waals surface area contributed by atoms with Crippen molar-refractivity contribution in [3.05, 3.63) is 102 Å². The molecule has 1 atom stereocenters. The molecule has 2 aromatic heterocycles. The minimum Gasteiger partial charge on any atom is -0.508 e. The number of nitrogens with one attached hydrogen (secondary N) is 1. The number of phenolic OH excluding ortho intramolecular Hbond substituents is 1. The fraction of sp³-hybridized carbons (Fsp3) is 0.333. The first-order valence-corrected chi connectivity index (χ1v) is 14.0. The van der Waals surface area contributed by atoms with Gasteiger partial charge in [-0.25, -0.2) is 0 Å². The van der Waals surface area contributed by atoms with E-state index in [0.29, 0.717) is 13.0 Å². The number of amides is 2. The number of phenols is 1. The molecule has 0 spiro atoms. The lowest BCUT2D eigenvalue weighted by Gasteiger charge is -2.19. The van der Waals surface area contributed by atoms with Crippen molar-refractivity contribution in [3.63, 3.8) is 0 Å². The maximum atomic E-state index is 12.4. The van der Waals surface area contributed by atoms with Gasteiger partial charge in [-0.15, -0.1) is 0 Å². The molecule has 0 aliphatic carbocycles. The molecule has 0 unspecified atom stereocenters. The number of carbonyl (C=O) groups excluding carboxylic acids is 2. The molecule has 2 heterocycles. The van der Waals surface area contributed by atoms with E-state index in [0.717, 1.165) is 35.4 Å². The molecule has 4 N–H and O–H groups in total. The fourth-order valence-corrected chi connectivity index (χ4v) is 4.59. The van der Waals surface area contributed by atoms with Crippen molar-refractivity contribution in [1.82, 2.24) is 20.1 Å². The van der Waals surface area contributed by atoms with Gasteiger partial charge < -0.3 is 10.8 Å². The summed E-state index contributed by atoms with van der Waals surface area (Å²) in [6, 6.07) is 20.3. The van der Waals surface area contributed by atoms with Crippen molar-refractivity contribution in [1.29, 1.82) is 0 Å². The molecular formula is C33H39N5O3. The van der Waals surface area contributed by atoms with Gasteiger partial charge in [0.05, 0.1) is 18.3 Å². The van der Waals surface area contributed by atoms with Gasteiger partial charge in [-0.05, 0) is 78.1 Å². The monoisotopic (exact) mass is 553 g/mol. The van der Waals surface area contributed by atoms with E-state index in [1.807, 2.05) is 23.0 Å². The van der Waals surface area contributed by atoms with Crippen LogP contribution >= 0.6 is 0 Å². The summed E-state index contributed by atoms with van der Waals surface area (Å²) in [5.41, 5.74) is 12.2. The molecule has 0 saturated heterocycles. The molecule has 4 rings (SSSR count). The van der Waals surface area contributed by atoms with E-state index in [9.17, 15) is 14.7 Å². The summed E-state index contributed by atoms with van der Waals surface area (Å²) in [5.74, 6) is -0.688. The standard InChI is InChI=1S/C33H39N5O3/c1-33(2,3)26-14-10-24(11-15-26)22-38-27(20-30(37-38)25-7-6-18-35-21-25)8-4-5-9-31(40)36-32(41)29(34)19-23-12-16-28(39)17-13-23/h6-7,10-18,20-21,29,39H,4-5,8-9,19,22,34H2,1-3H3,(H,36,40,41)/t29-/m0/s1. The average Bonchev–Trinajstić information content (AvgIpc) is 3.35. The molecule has 2 amide bonds. The number of imide groups is 1. The Bertz CT molecular complexity index is 1440. The van der Waals surface area contributed by atoms with Gasteiger partial charge in [-0.1, -0.05) is 57.2 Å². The number of hydrogen-bond donors (Lipinski definition) is 3. The molecule has 0 fully saturated rings. The van der Waals surface area contributed by atoms with Crippen LogP contribution in [0.15, 0.2) is 79.1 Å². The second kappa shape index (κ2) is 13.4. The van der Waals surface area contributed by atoms with Crippen molar-refractivity contribution in [3.8, 4) is 17.0 Å². The van der Waals surface area contributed by atoms with Gasteiger partial charge in [-0.3, -0.25) is 24.6 Å². The molecule has 0 aliphatic rings. The second-order valence-electron chi connectivity index (χ2n) is 11.5. The third-order valence-electron chi connectivity index (χ3n) is 7.05. The summed E-state index contributed by atoms with van der Waals surface area (Å²) in [4.78, 5) is 29.0. The van der Waals surface area contributed by atoms with E-state index in [-0.39, 0.29) is 29.9 Å². The second-order valence-corrected chi connectivity index (χ2v) is 11.5. The summed E-state index contributed by atoms with van der Waals surface area (Å²) in [6.07, 6.45) is 6.20. The van der Waals surface area contributed by atoms with Crippen LogP contribution in [0.4, 0.5) is 0 Å². The van der Waals surface area contributed by atoms with Gasteiger partial charge in [0, 0.05) is 30.1 Å². The molecule has 41 heavy (non-hydrogen) atoms. The zero-order chi connectivity index (χ0) is 29.4. The minimum atomic E-state index is -0.846. The lowest BCUT2D eigenvalue weighted by Crippen LogP contribution is -2.44. The number of rotatable bonds is 11. The van der Waals surface area contributed by atoms with E-state index in [4.69, 9.17) is 10.8 Å². The molecule has 0 radical (unpaired) electrons. The zero-order valence-corrected chi connectivity index (χ0v) is 24.0. The molecule has 8 heteroatoms. The normalized spacial score (nSPS) is 12.2. The van der Waals surface area contributed by atoms with E-state index < -0.39 is 11.9 Å². The quantitative estimate of drug-likeness (QED) is 0.227. The van der Waals surface area contributed by atoms with Crippen LogP contribution in [-0.4, -0.2) is 37.7 Å². The summed E-state index contributed by atoms with van der Waals surface area (Å²) >= 11 is 0. The number of benzene rings is 2. The Morgan fingerprint density at radius 2 is 1.71 bits per heavy atom. The van der Waals surface area contributed by atoms with Crippen LogP contribution in [0.3, 0.4) is 0 Å². The van der Waals surface area contributed by atoms with Crippen molar-refractivity contribution < 1.29 is 14.7 Å². The Morgan fingerprint density at radius 3 is 2.37 bits per heavy atom. The SMILES string of the molecule is CC(C)(C)c1ccc(Cn2nc(-c3cccnc3)cc2CCCCC(=O)NC(=O)[C@@H](N)Cc2ccc(O)cc2)cc1. The average molecular weight is 554 g/mol. The van der Waals surface area contributed by atoms with Crippen molar-refractivity contribution in [2.45, 2.75) is 70.9 Å². The summed E-state index contributed by atoms with van der Waals surface area (Å²) < 4.78 is 2.03. The first-order chi connectivity index (χ1) is 19.6. The van der Waals surface area contributed by atoms with Crippen molar-refractivity contribution in [2.75, 3.05) is 0 Å². The number of hydrogen-bond acceptors (Lipinski definition) is 6. The van der Waals surface area contributed by atoms with Crippen LogP contribution in [0, 0.1) is 0 Å². The third kappa shape index (κ3) is 8.59. The smallest absolute Gasteiger partial charge is 0.243 e. The van der Waals surface area contributed by atoms with Crippen LogP contribution in [0.25, 0.3) is 11.3 Å². The van der Waals surface area contributed by atoms with E-state index >= 15 is 0 Å². The van der Waals surface area contributed by atoms with Gasteiger partial charge in [0.15, 0.2) is 0 Å². The molecule has 0 saturated carbocycles. The fourth-order valence-electron chi connectivity index (χ4n) is 4.59. The van der Waals surface area contributed by atoms with E-state index in [1.54, 1.807) is 30.5 Å². The largest absolute Gasteiger partial charge is 0.508 e. The Balaban J connectivity index is 1.33. The molecule has 0 aliphatic heterocycles. The number of nitrogens with two attached hydrogens (primary N) is 1. The third-order valence-corrected chi connectivity index (χ3v) is 7.05. The zero-order valence-electron chi connectivity index (χ0n) is 24.0. The lowest BCUT2D eigenvalue weighted by molar-refractivity contribution is -0.131. The van der Waals surface area contributed by atoms with Crippen molar-refractivity contribution >= 4 is 11.8 Å². The predicted octanol–water partition coefficient (Wildman–Crippen LogP) is 4.92. The molecular weight excluding hydrogens is 514 g/mol. The molecule has 214 valence electrons. The Labute approximate surface area is 241 Å². The Morgan fingerprint density at radius 1 is 1.00 bits per heavy atom. The number of carbonyl (C=O) groups is 2. The van der Waals surface area contributed by atoms with Crippen LogP contribution in [0.5, 0.6) is 5.75 Å². The van der Waals surface area contributed by atoms with Crippen LogP contribution in [0.2, 0.25) is 0 Å². The van der Waals surface area contributed by atoms with E-state index in [2.05, 4.69) is 61.4 Å². The van der Waals surface area contributed by atoms with E-state index in [1.165, 1.54) is 11.1 Å². The molecule has 0 bridgehead atoms. The summed E-state index contributed by atoms with van der Waals surface area (Å²) in [7, 11) is 0. The maximum Gasteiger partial charge on any atom is 0.243 e. The first kappa shape index (κ1) is 29.7. The van der Waals surface area contributed by atoms with Gasteiger partial charge in [0.2, 0.25) is 11.8 Å². The number of aromatic nitrogens is 3. The molecule has 2 aromatic carbocycles. The predicted molar refractivity (Wildman–Crippen MR) is 160 cm³/mol. The number of aromatic hydroxyl groups is 1. The highest BCUT2D eigenvalue weighted by molar-refractivity contribution is 5.97. The first-order valence-electron chi connectivity index (χ1n) is 14.0. The van der Waals surface area contributed by atoms with Crippen LogP contribution in [0.1, 0.15) is 62.4 Å². The topological polar surface area (TPSA) is 123 Å². The Kier molecular flexibility index (Phi) is 9.68. The highest BCUT2D eigenvalue weighted by Crippen LogP contribution is 2.24. The van der Waals surface area contributed by atoms with Gasteiger partial charge in [0.1, 0.15) is 5.75 Å². The summed E-state index contributed by atoms with van der Waals surface area (Å²) in [6.45, 7) is 7.26. The highest BCUT2D eigenvalue weighted by atomic mass is 16.3. The Hall–Kier alpha value is -4.30. The maximum absolute atomic E-state index is 12.4. The number of aryl methyl sites for hydroxylation is 1. The number of pyridine rings is 1. The molecule has 8 nitrogen and oxygen atoms in total. The lowest BCUT2D eigenvalue weighted by atomic mass is 9.87. The summed E-state index contributed by atoms with van der Waals surface area (Å²) in [5, 5.41) is 16.7. The van der Waals surface area contributed by atoms with Gasteiger partial charge >= 0.3 is 0 Å². The van der Waals surface area contributed by atoms with Gasteiger partial charge in [0.25, 0.3) is 0 Å². The van der Waals surface area contributed by atoms with Crippen molar-refractivity contribution in [2.24, 2.45) is 5.73 Å². The number of nitrogens with zero attached hydrogens (tertiary/aromatic N) is 3. The highest BCUT2D eigenvalue weighted by Gasteiger charge is 2.18. The van der Waals surface area contributed by atoms with Crippen LogP contribution in [-0.2, 0) is 34.4 Å².